The maximum Gasteiger partial charge on any atom is 0.227 e. The number of hydrogen-bond acceptors (Lipinski definition) is 6. The predicted octanol–water partition coefficient (Wildman–Crippen LogP) is 2.51. The van der Waals surface area contributed by atoms with Crippen molar-refractivity contribution in [3.63, 3.8) is 0 Å². The van der Waals surface area contributed by atoms with Gasteiger partial charge < -0.3 is 19.1 Å². The van der Waals surface area contributed by atoms with E-state index in [0.29, 0.717) is 11.3 Å². The molecule has 5 nitrogen and oxygen atoms in total. The van der Waals surface area contributed by atoms with Crippen LogP contribution in [-0.2, 0) is 11.2 Å². The molecule has 2 heterocycles. The second kappa shape index (κ2) is 6.21. The number of halogens is 1. The van der Waals surface area contributed by atoms with Crippen LogP contribution in [-0.4, -0.2) is 18.1 Å². The topological polar surface area (TPSA) is 75.4 Å². The molecule has 0 aliphatic carbocycles. The molecule has 3 aromatic rings. The van der Waals surface area contributed by atoms with Crippen LogP contribution in [0.3, 0.4) is 0 Å². The van der Waals surface area contributed by atoms with Gasteiger partial charge in [0.1, 0.15) is 0 Å². The van der Waals surface area contributed by atoms with E-state index in [9.17, 15) is 14.3 Å². The first kappa shape index (κ1) is 15.2. The molecule has 0 spiro atoms. The number of thiophene rings is 1. The highest BCUT2D eigenvalue weighted by atomic mass is 32.1. The van der Waals surface area contributed by atoms with Crippen LogP contribution in [0.1, 0.15) is 5.69 Å². The van der Waals surface area contributed by atoms with Gasteiger partial charge in [-0.2, -0.15) is 0 Å². The van der Waals surface area contributed by atoms with Crippen molar-refractivity contribution in [2.45, 2.75) is 6.42 Å². The fourth-order valence-corrected chi connectivity index (χ4v) is 2.86. The normalized spacial score (nSPS) is 10.7. The number of ether oxygens (including phenoxy) is 1. The molecule has 0 saturated carbocycles. The SMILES string of the molecule is COc1ccc(-c2nc(CC(=O)[O-])c(-c3cccs3)o2)cc1F. The number of methoxy groups -OCH3 is 1. The van der Waals surface area contributed by atoms with E-state index in [1.807, 2.05) is 11.4 Å². The number of carboxylic acids is 1. The molecular formula is C16H11FNO4S-. The number of oxazole rings is 1. The number of hydrogen-bond donors (Lipinski definition) is 0. The predicted molar refractivity (Wildman–Crippen MR) is 80.5 cm³/mol. The minimum atomic E-state index is -1.26. The van der Waals surface area contributed by atoms with E-state index in [1.165, 1.54) is 30.6 Å². The van der Waals surface area contributed by atoms with E-state index in [2.05, 4.69) is 4.98 Å². The molecule has 0 unspecified atom stereocenters. The van der Waals surface area contributed by atoms with Crippen LogP contribution in [0.5, 0.6) is 5.75 Å². The first-order chi connectivity index (χ1) is 11.1. The fourth-order valence-electron chi connectivity index (χ4n) is 2.13. The summed E-state index contributed by atoms with van der Waals surface area (Å²) in [5.74, 6) is -1.21. The Labute approximate surface area is 135 Å². The Kier molecular flexibility index (Phi) is 4.12. The maximum absolute atomic E-state index is 13.8. The Bertz CT molecular complexity index is 842. The quantitative estimate of drug-likeness (QED) is 0.717. The van der Waals surface area contributed by atoms with Crippen LogP contribution >= 0.6 is 11.3 Å². The zero-order valence-electron chi connectivity index (χ0n) is 12.0. The number of carbonyl (C=O) groups is 1. The van der Waals surface area contributed by atoms with Crippen molar-refractivity contribution in [3.05, 3.63) is 47.2 Å². The molecule has 0 amide bonds. The molecule has 1 aromatic carbocycles. The van der Waals surface area contributed by atoms with E-state index in [4.69, 9.17) is 9.15 Å². The second-order valence-corrected chi connectivity index (χ2v) is 5.62. The lowest BCUT2D eigenvalue weighted by atomic mass is 10.2. The Morgan fingerprint density at radius 2 is 2.26 bits per heavy atom. The number of aromatic nitrogens is 1. The number of carbonyl (C=O) groups excluding carboxylic acids is 1. The summed E-state index contributed by atoms with van der Waals surface area (Å²) < 4.78 is 24.4. The van der Waals surface area contributed by atoms with Crippen LogP contribution in [0.4, 0.5) is 4.39 Å². The highest BCUT2D eigenvalue weighted by molar-refractivity contribution is 7.13. The summed E-state index contributed by atoms with van der Waals surface area (Å²) in [7, 11) is 1.37. The van der Waals surface area contributed by atoms with E-state index in [1.54, 1.807) is 12.1 Å². The lowest BCUT2D eigenvalue weighted by molar-refractivity contribution is -0.304. The molecule has 0 aliphatic rings. The van der Waals surface area contributed by atoms with Gasteiger partial charge in [0.15, 0.2) is 17.3 Å². The molecule has 7 heteroatoms. The summed E-state index contributed by atoms with van der Waals surface area (Å²) in [6.07, 6.45) is -0.380. The summed E-state index contributed by atoms with van der Waals surface area (Å²) in [5, 5.41) is 12.7. The van der Waals surface area contributed by atoms with Crippen LogP contribution in [0.2, 0.25) is 0 Å². The number of nitrogens with zero attached hydrogens (tertiary/aromatic N) is 1. The smallest absolute Gasteiger partial charge is 0.227 e. The van der Waals surface area contributed by atoms with Gasteiger partial charge in [0.25, 0.3) is 0 Å². The van der Waals surface area contributed by atoms with Crippen molar-refractivity contribution in [2.75, 3.05) is 7.11 Å². The largest absolute Gasteiger partial charge is 0.550 e. The summed E-state index contributed by atoms with van der Waals surface area (Å²) in [6, 6.07) is 7.89. The highest BCUT2D eigenvalue weighted by Crippen LogP contribution is 2.33. The van der Waals surface area contributed by atoms with E-state index in [-0.39, 0.29) is 23.8 Å². The van der Waals surface area contributed by atoms with Gasteiger partial charge in [0, 0.05) is 18.0 Å². The Morgan fingerprint density at radius 1 is 1.43 bits per heavy atom. The van der Waals surface area contributed by atoms with Gasteiger partial charge in [0.05, 0.1) is 17.7 Å². The molecule has 0 saturated heterocycles. The number of aliphatic carboxylic acids is 1. The maximum atomic E-state index is 13.8. The summed E-state index contributed by atoms with van der Waals surface area (Å²) >= 11 is 1.39. The third-order valence-electron chi connectivity index (χ3n) is 3.15. The standard InChI is InChI=1S/C16H12FNO4S/c1-21-12-5-4-9(7-10(12)17)16-18-11(8-14(19)20)15(22-16)13-3-2-6-23-13/h2-7H,8H2,1H3,(H,19,20)/p-1. The molecule has 0 radical (unpaired) electrons. The zero-order valence-corrected chi connectivity index (χ0v) is 12.9. The lowest BCUT2D eigenvalue weighted by Crippen LogP contribution is -2.24. The molecule has 118 valence electrons. The average Bonchev–Trinajstić information content (AvgIpc) is 3.15. The Hall–Kier alpha value is -2.67. The molecular weight excluding hydrogens is 321 g/mol. The molecule has 0 atom stereocenters. The van der Waals surface area contributed by atoms with Crippen molar-refractivity contribution < 1.29 is 23.4 Å². The first-order valence-electron chi connectivity index (χ1n) is 6.66. The minimum absolute atomic E-state index is 0.105. The Morgan fingerprint density at radius 3 is 2.87 bits per heavy atom. The van der Waals surface area contributed by atoms with E-state index >= 15 is 0 Å². The van der Waals surface area contributed by atoms with Gasteiger partial charge in [-0.25, -0.2) is 9.37 Å². The molecule has 23 heavy (non-hydrogen) atoms. The van der Waals surface area contributed by atoms with Crippen molar-refractivity contribution in [3.8, 4) is 27.8 Å². The van der Waals surface area contributed by atoms with Crippen LogP contribution < -0.4 is 9.84 Å². The average molecular weight is 332 g/mol. The molecule has 0 fully saturated rings. The summed E-state index contributed by atoms with van der Waals surface area (Å²) in [4.78, 5) is 15.8. The van der Waals surface area contributed by atoms with Gasteiger partial charge in [0.2, 0.25) is 5.89 Å². The molecule has 0 bridgehead atoms. The van der Waals surface area contributed by atoms with Crippen LogP contribution in [0.15, 0.2) is 40.1 Å². The molecule has 2 aromatic heterocycles. The Balaban J connectivity index is 2.06. The second-order valence-electron chi connectivity index (χ2n) is 4.67. The van der Waals surface area contributed by atoms with E-state index in [0.717, 1.165) is 4.88 Å². The van der Waals surface area contributed by atoms with E-state index < -0.39 is 11.8 Å². The molecule has 0 aliphatic heterocycles. The highest BCUT2D eigenvalue weighted by Gasteiger charge is 2.18. The summed E-state index contributed by atoms with van der Waals surface area (Å²) in [6.45, 7) is 0. The first-order valence-corrected chi connectivity index (χ1v) is 7.54. The van der Waals surface area contributed by atoms with Crippen molar-refractivity contribution >= 4 is 17.3 Å². The molecule has 0 N–H and O–H groups in total. The number of rotatable bonds is 5. The van der Waals surface area contributed by atoms with Crippen molar-refractivity contribution in [1.29, 1.82) is 0 Å². The van der Waals surface area contributed by atoms with Gasteiger partial charge >= 0.3 is 0 Å². The number of benzene rings is 1. The van der Waals surface area contributed by atoms with Crippen molar-refractivity contribution in [1.82, 2.24) is 4.98 Å². The number of carboxylic acid groups (broad SMARTS) is 1. The monoisotopic (exact) mass is 332 g/mol. The van der Waals surface area contributed by atoms with Gasteiger partial charge in [-0.1, -0.05) is 6.07 Å². The van der Waals surface area contributed by atoms with Crippen LogP contribution in [0, 0.1) is 5.82 Å². The van der Waals surface area contributed by atoms with Crippen molar-refractivity contribution in [2.24, 2.45) is 0 Å². The van der Waals surface area contributed by atoms with Gasteiger partial charge in [-0.15, -0.1) is 11.3 Å². The molecule has 3 rings (SSSR count). The van der Waals surface area contributed by atoms with Crippen LogP contribution in [0.25, 0.3) is 22.1 Å². The van der Waals surface area contributed by atoms with Gasteiger partial charge in [-0.05, 0) is 29.6 Å². The third-order valence-corrected chi connectivity index (χ3v) is 4.02. The lowest BCUT2D eigenvalue weighted by Gasteiger charge is -2.02. The minimum Gasteiger partial charge on any atom is -0.550 e. The zero-order chi connectivity index (χ0) is 16.4. The summed E-state index contributed by atoms with van der Waals surface area (Å²) in [5.41, 5.74) is 0.643. The fraction of sp³-hybridized carbons (Fsp3) is 0.125. The third kappa shape index (κ3) is 3.09. The van der Waals surface area contributed by atoms with Gasteiger partial charge in [-0.3, -0.25) is 0 Å².